The summed E-state index contributed by atoms with van der Waals surface area (Å²) in [4.78, 5) is 2.12. The molecule has 0 bridgehead atoms. The lowest BCUT2D eigenvalue weighted by atomic mass is 9.94. The first-order valence-electron chi connectivity index (χ1n) is 6.40. The van der Waals surface area contributed by atoms with Crippen LogP contribution in [-0.2, 0) is 9.84 Å². The van der Waals surface area contributed by atoms with Crippen LogP contribution in [0.2, 0.25) is 0 Å². The smallest absolute Gasteiger partial charge is 0.153 e. The Morgan fingerprint density at radius 1 is 1.29 bits per heavy atom. The fourth-order valence-electron chi connectivity index (χ4n) is 2.24. The van der Waals surface area contributed by atoms with Gasteiger partial charge in [0.05, 0.1) is 11.0 Å². The minimum absolute atomic E-state index is 0.176. The summed E-state index contributed by atoms with van der Waals surface area (Å²) >= 11 is 6.30. The second kappa shape index (κ2) is 6.39. The maximum Gasteiger partial charge on any atom is 0.153 e. The van der Waals surface area contributed by atoms with Crippen LogP contribution in [0.5, 0.6) is 0 Å². The summed E-state index contributed by atoms with van der Waals surface area (Å²) in [5.74, 6) is 0.237. The predicted octanol–water partition coefficient (Wildman–Crippen LogP) is 2.29. The molecule has 0 heterocycles. The van der Waals surface area contributed by atoms with Crippen molar-refractivity contribution in [2.24, 2.45) is 0 Å². The van der Waals surface area contributed by atoms with E-state index in [-0.39, 0.29) is 16.4 Å². The third-order valence-corrected chi connectivity index (χ3v) is 6.36. The monoisotopic (exact) mass is 281 g/mol. The lowest BCUT2D eigenvalue weighted by molar-refractivity contribution is 0.205. The van der Waals surface area contributed by atoms with Gasteiger partial charge in [0.1, 0.15) is 0 Å². The summed E-state index contributed by atoms with van der Waals surface area (Å²) < 4.78 is 23.5. The quantitative estimate of drug-likeness (QED) is 0.726. The fourth-order valence-corrected chi connectivity index (χ4v) is 3.72. The van der Waals surface area contributed by atoms with Gasteiger partial charge in [-0.25, -0.2) is 8.42 Å². The van der Waals surface area contributed by atoms with E-state index in [1.165, 1.54) is 12.8 Å². The van der Waals surface area contributed by atoms with Crippen molar-refractivity contribution in [1.82, 2.24) is 4.90 Å². The number of halogens is 1. The third kappa shape index (κ3) is 4.42. The van der Waals surface area contributed by atoms with Crippen molar-refractivity contribution >= 4 is 21.4 Å². The van der Waals surface area contributed by atoms with Crippen LogP contribution in [0.4, 0.5) is 0 Å². The molecule has 1 fully saturated rings. The Hall–Kier alpha value is 0.200. The Morgan fingerprint density at radius 3 is 2.41 bits per heavy atom. The molecule has 0 N–H and O–H groups in total. The van der Waals surface area contributed by atoms with Gasteiger partial charge in [-0.3, -0.25) is 0 Å². The molecule has 1 aliphatic rings. The summed E-state index contributed by atoms with van der Waals surface area (Å²) in [5.41, 5.74) is 0. The predicted molar refractivity (Wildman–Crippen MR) is 73.4 cm³/mol. The molecule has 2 unspecified atom stereocenters. The first-order chi connectivity index (χ1) is 7.84. The van der Waals surface area contributed by atoms with Gasteiger partial charge >= 0.3 is 0 Å². The molecule has 102 valence electrons. The van der Waals surface area contributed by atoms with Crippen molar-refractivity contribution in [2.45, 2.75) is 56.2 Å². The van der Waals surface area contributed by atoms with Gasteiger partial charge in [-0.1, -0.05) is 12.8 Å². The van der Waals surface area contributed by atoms with Crippen LogP contribution in [0, 0.1) is 0 Å². The second-order valence-electron chi connectivity index (χ2n) is 5.26. The molecule has 0 saturated heterocycles. The van der Waals surface area contributed by atoms with Crippen LogP contribution in [0.15, 0.2) is 0 Å². The molecule has 0 radical (unpaired) electrons. The maximum absolute atomic E-state index is 11.7. The molecule has 5 heteroatoms. The SMILES string of the molecule is CC(C)S(=O)(=O)CCN(C)C1CCCCC1Cl. The van der Waals surface area contributed by atoms with Crippen LogP contribution >= 0.6 is 11.6 Å². The highest BCUT2D eigenvalue weighted by atomic mass is 35.5. The highest BCUT2D eigenvalue weighted by molar-refractivity contribution is 7.92. The normalized spacial score (nSPS) is 26.7. The van der Waals surface area contributed by atoms with Gasteiger partial charge in [0.15, 0.2) is 9.84 Å². The average molecular weight is 282 g/mol. The van der Waals surface area contributed by atoms with E-state index in [1.807, 2.05) is 7.05 Å². The molecule has 3 nitrogen and oxygen atoms in total. The molecule has 1 saturated carbocycles. The molecular weight excluding hydrogens is 258 g/mol. The van der Waals surface area contributed by atoms with Gasteiger partial charge < -0.3 is 4.90 Å². The standard InChI is InChI=1S/C12H24ClNO2S/c1-10(2)17(15,16)9-8-14(3)12-7-5-4-6-11(12)13/h10-12H,4-9H2,1-3H3. The van der Waals surface area contributed by atoms with Crippen LogP contribution in [0.1, 0.15) is 39.5 Å². The molecule has 0 aromatic heterocycles. The molecule has 1 aliphatic carbocycles. The largest absolute Gasteiger partial charge is 0.301 e. The number of hydrogen-bond acceptors (Lipinski definition) is 3. The summed E-state index contributed by atoms with van der Waals surface area (Å²) in [6.45, 7) is 4.06. The Kier molecular flexibility index (Phi) is 5.74. The van der Waals surface area contributed by atoms with Crippen molar-refractivity contribution in [3.63, 3.8) is 0 Å². The summed E-state index contributed by atoms with van der Waals surface area (Å²) in [5, 5.41) is -0.107. The van der Waals surface area contributed by atoms with E-state index in [1.54, 1.807) is 13.8 Å². The number of alkyl halides is 1. The van der Waals surface area contributed by atoms with Crippen molar-refractivity contribution < 1.29 is 8.42 Å². The van der Waals surface area contributed by atoms with Crippen LogP contribution in [-0.4, -0.2) is 49.3 Å². The van der Waals surface area contributed by atoms with Gasteiger partial charge in [0.25, 0.3) is 0 Å². The number of hydrogen-bond donors (Lipinski definition) is 0. The summed E-state index contributed by atoms with van der Waals surface area (Å²) in [6, 6.07) is 0.341. The molecule has 0 aromatic rings. The second-order valence-corrected chi connectivity index (χ2v) is 8.50. The molecule has 0 aliphatic heterocycles. The van der Waals surface area contributed by atoms with E-state index in [4.69, 9.17) is 11.6 Å². The molecule has 17 heavy (non-hydrogen) atoms. The molecule has 1 rings (SSSR count). The zero-order chi connectivity index (χ0) is 13.1. The minimum atomic E-state index is -2.93. The van der Waals surface area contributed by atoms with E-state index in [0.29, 0.717) is 12.6 Å². The third-order valence-electron chi connectivity index (χ3n) is 3.66. The first-order valence-corrected chi connectivity index (χ1v) is 8.55. The molecule has 0 spiro atoms. The summed E-state index contributed by atoms with van der Waals surface area (Å²) in [6.07, 6.45) is 4.54. The van der Waals surface area contributed by atoms with Gasteiger partial charge in [-0.2, -0.15) is 0 Å². The van der Waals surface area contributed by atoms with Crippen LogP contribution in [0.3, 0.4) is 0 Å². The van der Waals surface area contributed by atoms with Gasteiger partial charge in [0.2, 0.25) is 0 Å². The van der Waals surface area contributed by atoms with E-state index >= 15 is 0 Å². The minimum Gasteiger partial charge on any atom is -0.301 e. The van der Waals surface area contributed by atoms with Gasteiger partial charge in [-0.15, -0.1) is 11.6 Å². The van der Waals surface area contributed by atoms with Crippen LogP contribution < -0.4 is 0 Å². The van der Waals surface area contributed by atoms with E-state index < -0.39 is 9.84 Å². The Bertz CT molecular complexity index is 329. The first kappa shape index (κ1) is 15.3. The number of rotatable bonds is 5. The van der Waals surface area contributed by atoms with Crippen molar-refractivity contribution in [1.29, 1.82) is 0 Å². The maximum atomic E-state index is 11.7. The average Bonchev–Trinajstić information content (AvgIpc) is 2.26. The topological polar surface area (TPSA) is 37.4 Å². The Balaban J connectivity index is 2.46. The highest BCUT2D eigenvalue weighted by Gasteiger charge is 2.27. The molecule has 0 aromatic carbocycles. The lowest BCUT2D eigenvalue weighted by Crippen LogP contribution is -2.43. The fraction of sp³-hybridized carbons (Fsp3) is 1.00. The van der Waals surface area contributed by atoms with Crippen molar-refractivity contribution in [2.75, 3.05) is 19.3 Å². The van der Waals surface area contributed by atoms with Crippen molar-refractivity contribution in [3.8, 4) is 0 Å². The molecular formula is C12H24ClNO2S. The zero-order valence-electron chi connectivity index (χ0n) is 11.0. The van der Waals surface area contributed by atoms with Gasteiger partial charge in [-0.05, 0) is 33.7 Å². The number of sulfone groups is 1. The molecule has 2 atom stereocenters. The van der Waals surface area contributed by atoms with E-state index in [9.17, 15) is 8.42 Å². The van der Waals surface area contributed by atoms with Crippen molar-refractivity contribution in [3.05, 3.63) is 0 Å². The molecule has 0 amide bonds. The lowest BCUT2D eigenvalue weighted by Gasteiger charge is -2.34. The van der Waals surface area contributed by atoms with E-state index in [2.05, 4.69) is 4.90 Å². The number of nitrogens with zero attached hydrogens (tertiary/aromatic N) is 1. The highest BCUT2D eigenvalue weighted by Crippen LogP contribution is 2.26. The zero-order valence-corrected chi connectivity index (χ0v) is 12.6. The Labute approximate surface area is 110 Å². The van der Waals surface area contributed by atoms with Gasteiger partial charge in [0, 0.05) is 18.0 Å². The summed E-state index contributed by atoms with van der Waals surface area (Å²) in [7, 11) is -0.947. The Morgan fingerprint density at radius 2 is 1.88 bits per heavy atom. The van der Waals surface area contributed by atoms with E-state index in [0.717, 1.165) is 12.8 Å². The van der Waals surface area contributed by atoms with Crippen LogP contribution in [0.25, 0.3) is 0 Å².